The maximum Gasteiger partial charge on any atom is 0.490 e. The summed E-state index contributed by atoms with van der Waals surface area (Å²) < 4.78 is 82.7. The van der Waals surface area contributed by atoms with Crippen LogP contribution >= 0.6 is 0 Å². The molecule has 0 amide bonds. The first-order valence-corrected chi connectivity index (χ1v) is 11.5. The molecule has 0 aromatic heterocycles. The van der Waals surface area contributed by atoms with Crippen LogP contribution in [0.25, 0.3) is 0 Å². The summed E-state index contributed by atoms with van der Waals surface area (Å²) in [6, 6.07) is 6.97. The minimum Gasteiger partial charge on any atom is -0.475 e. The first-order valence-electron chi connectivity index (χ1n) is 11.5. The number of aliphatic carboxylic acids is 2. The summed E-state index contributed by atoms with van der Waals surface area (Å²) >= 11 is 0. The molecule has 1 spiro atoms. The van der Waals surface area contributed by atoms with E-state index in [-0.39, 0.29) is 11.4 Å². The Kier molecular flexibility index (Phi) is 12.9. The van der Waals surface area contributed by atoms with Crippen LogP contribution in [0.5, 0.6) is 0 Å². The van der Waals surface area contributed by atoms with Gasteiger partial charge in [-0.3, -0.25) is 9.80 Å². The van der Waals surface area contributed by atoms with Gasteiger partial charge < -0.3 is 19.8 Å². The average molecular weight is 564 g/mol. The fraction of sp³-hybridized carbons (Fsp3) is 0.652. The summed E-state index contributed by atoms with van der Waals surface area (Å²) in [6.07, 6.45) is -7.90. The molecular formula is C23H32F7N3O5. The van der Waals surface area contributed by atoms with E-state index in [9.17, 15) is 30.7 Å². The number of morpholine rings is 1. The largest absolute Gasteiger partial charge is 0.490 e. The van der Waals surface area contributed by atoms with Gasteiger partial charge in [-0.05, 0) is 44.6 Å². The van der Waals surface area contributed by atoms with Crippen LogP contribution < -0.4 is 0 Å². The van der Waals surface area contributed by atoms with Crippen molar-refractivity contribution in [3.8, 4) is 0 Å². The molecule has 2 aliphatic heterocycles. The van der Waals surface area contributed by atoms with Gasteiger partial charge in [-0.25, -0.2) is 14.0 Å². The molecule has 8 nitrogen and oxygen atoms in total. The van der Waals surface area contributed by atoms with E-state index in [2.05, 4.69) is 28.8 Å². The Labute approximate surface area is 215 Å². The Hall–Kier alpha value is -2.49. The molecule has 38 heavy (non-hydrogen) atoms. The Balaban J connectivity index is 0.000000426. The van der Waals surface area contributed by atoms with Gasteiger partial charge in [0.15, 0.2) is 0 Å². The quantitative estimate of drug-likeness (QED) is 0.528. The normalized spacial score (nSPS) is 18.3. The molecular weight excluding hydrogens is 531 g/mol. The molecule has 1 aromatic rings. The standard InChI is InChI=1S/C19H30FN3O.2C2HF3O2/c1-21(2)10-11-23-12-13-24-16-19(23)6-8-22(9-7-19)15-17-4-3-5-18(20)14-17;2*3-2(4,5)1(6)7/h3-5,14H,6-13,15-16H2,1-2H3;2*(H,6,7). The Morgan fingerprint density at radius 1 is 1.00 bits per heavy atom. The Morgan fingerprint density at radius 3 is 1.97 bits per heavy atom. The molecule has 0 radical (unpaired) electrons. The van der Waals surface area contributed by atoms with E-state index in [0.717, 1.165) is 70.9 Å². The van der Waals surface area contributed by atoms with Crippen LogP contribution in [-0.4, -0.2) is 115 Å². The molecule has 2 heterocycles. The SMILES string of the molecule is CN(C)CCN1CCOCC12CCN(Cc1cccc(F)c1)CC2.O=C(O)C(F)(F)F.O=C(O)C(F)(F)F. The summed E-state index contributed by atoms with van der Waals surface area (Å²) in [5.74, 6) is -5.66. The highest BCUT2D eigenvalue weighted by atomic mass is 19.4. The number of alkyl halides is 6. The van der Waals surface area contributed by atoms with Gasteiger partial charge in [-0.1, -0.05) is 12.1 Å². The van der Waals surface area contributed by atoms with Crippen molar-refractivity contribution in [3.05, 3.63) is 35.6 Å². The highest BCUT2D eigenvalue weighted by Crippen LogP contribution is 2.32. The molecule has 2 N–H and O–H groups in total. The lowest BCUT2D eigenvalue weighted by atomic mass is 9.85. The molecule has 1 aromatic carbocycles. The molecule has 0 bridgehead atoms. The summed E-state index contributed by atoms with van der Waals surface area (Å²) in [4.78, 5) is 25.1. The first kappa shape index (κ1) is 33.5. The van der Waals surface area contributed by atoms with Gasteiger partial charge in [0.05, 0.1) is 13.2 Å². The summed E-state index contributed by atoms with van der Waals surface area (Å²) in [7, 11) is 4.27. The van der Waals surface area contributed by atoms with Crippen molar-refractivity contribution in [2.75, 3.05) is 60.0 Å². The number of rotatable bonds is 5. The van der Waals surface area contributed by atoms with Crippen LogP contribution in [0, 0.1) is 5.82 Å². The van der Waals surface area contributed by atoms with Gasteiger partial charge in [0.2, 0.25) is 0 Å². The van der Waals surface area contributed by atoms with Gasteiger partial charge in [-0.15, -0.1) is 0 Å². The van der Waals surface area contributed by atoms with Crippen molar-refractivity contribution in [1.82, 2.24) is 14.7 Å². The molecule has 2 fully saturated rings. The monoisotopic (exact) mass is 563 g/mol. The van der Waals surface area contributed by atoms with E-state index in [1.54, 1.807) is 12.1 Å². The number of ether oxygens (including phenoxy) is 1. The zero-order valence-electron chi connectivity index (χ0n) is 21.0. The Bertz CT molecular complexity index is 865. The van der Waals surface area contributed by atoms with E-state index in [1.807, 2.05) is 6.07 Å². The van der Waals surface area contributed by atoms with Crippen molar-refractivity contribution < 1.29 is 55.3 Å². The molecule has 0 aliphatic carbocycles. The van der Waals surface area contributed by atoms with Crippen LogP contribution in [0.15, 0.2) is 24.3 Å². The van der Waals surface area contributed by atoms with E-state index in [4.69, 9.17) is 24.5 Å². The fourth-order valence-electron chi connectivity index (χ4n) is 3.92. The third kappa shape index (κ3) is 11.9. The summed E-state index contributed by atoms with van der Waals surface area (Å²) in [5, 5.41) is 14.2. The predicted octanol–water partition coefficient (Wildman–Crippen LogP) is 3.32. The Morgan fingerprint density at radius 2 is 1.53 bits per heavy atom. The van der Waals surface area contributed by atoms with E-state index >= 15 is 0 Å². The molecule has 15 heteroatoms. The van der Waals surface area contributed by atoms with Crippen LogP contribution in [0.2, 0.25) is 0 Å². The second-order valence-corrected chi connectivity index (χ2v) is 9.08. The zero-order valence-corrected chi connectivity index (χ0v) is 21.0. The summed E-state index contributed by atoms with van der Waals surface area (Å²) in [5.41, 5.74) is 1.27. The van der Waals surface area contributed by atoms with Crippen molar-refractivity contribution in [2.24, 2.45) is 0 Å². The highest BCUT2D eigenvalue weighted by Gasteiger charge is 2.42. The molecule has 218 valence electrons. The molecule has 3 rings (SSSR count). The van der Waals surface area contributed by atoms with Crippen LogP contribution in [0.3, 0.4) is 0 Å². The van der Waals surface area contributed by atoms with Gasteiger partial charge in [0, 0.05) is 44.8 Å². The number of carbonyl (C=O) groups is 2. The number of carboxylic acid groups (broad SMARTS) is 2. The van der Waals surface area contributed by atoms with E-state index in [0.29, 0.717) is 0 Å². The third-order valence-corrected chi connectivity index (χ3v) is 5.93. The second-order valence-electron chi connectivity index (χ2n) is 9.08. The number of carboxylic acids is 2. The fourth-order valence-corrected chi connectivity index (χ4v) is 3.92. The van der Waals surface area contributed by atoms with Crippen molar-refractivity contribution in [1.29, 1.82) is 0 Å². The van der Waals surface area contributed by atoms with Crippen LogP contribution in [0.1, 0.15) is 18.4 Å². The number of hydrogen-bond donors (Lipinski definition) is 2. The minimum atomic E-state index is -5.08. The summed E-state index contributed by atoms with van der Waals surface area (Å²) in [6.45, 7) is 7.90. The number of hydrogen-bond acceptors (Lipinski definition) is 6. The number of piperidine rings is 1. The smallest absolute Gasteiger partial charge is 0.475 e. The zero-order chi connectivity index (χ0) is 29.1. The number of likely N-dealkylation sites (tertiary alicyclic amines) is 1. The van der Waals surface area contributed by atoms with E-state index in [1.165, 1.54) is 6.07 Å². The number of likely N-dealkylation sites (N-methyl/N-ethyl adjacent to an activating group) is 1. The maximum atomic E-state index is 13.4. The molecule has 0 unspecified atom stereocenters. The van der Waals surface area contributed by atoms with Crippen LogP contribution in [-0.2, 0) is 20.9 Å². The number of halogens is 7. The van der Waals surface area contributed by atoms with E-state index < -0.39 is 24.3 Å². The lowest BCUT2D eigenvalue weighted by Crippen LogP contribution is -2.62. The average Bonchev–Trinajstić information content (AvgIpc) is 2.80. The minimum absolute atomic E-state index is 0.142. The second kappa shape index (κ2) is 14.6. The van der Waals surface area contributed by atoms with Gasteiger partial charge in [-0.2, -0.15) is 26.3 Å². The van der Waals surface area contributed by atoms with Crippen molar-refractivity contribution in [3.63, 3.8) is 0 Å². The topological polar surface area (TPSA) is 93.5 Å². The predicted molar refractivity (Wildman–Crippen MR) is 122 cm³/mol. The molecule has 2 aliphatic rings. The molecule has 2 saturated heterocycles. The lowest BCUT2D eigenvalue weighted by Gasteiger charge is -2.51. The number of nitrogens with zero attached hydrogens (tertiary/aromatic N) is 3. The van der Waals surface area contributed by atoms with Crippen molar-refractivity contribution >= 4 is 11.9 Å². The van der Waals surface area contributed by atoms with Crippen LogP contribution in [0.4, 0.5) is 30.7 Å². The molecule has 0 saturated carbocycles. The van der Waals surface area contributed by atoms with Gasteiger partial charge >= 0.3 is 24.3 Å². The lowest BCUT2D eigenvalue weighted by molar-refractivity contribution is -0.193. The maximum absolute atomic E-state index is 13.4. The van der Waals surface area contributed by atoms with Gasteiger partial charge in [0.1, 0.15) is 5.82 Å². The highest BCUT2D eigenvalue weighted by molar-refractivity contribution is 5.73. The van der Waals surface area contributed by atoms with Crippen molar-refractivity contribution in [2.45, 2.75) is 37.3 Å². The number of benzene rings is 1. The first-order chi connectivity index (χ1) is 17.5. The third-order valence-electron chi connectivity index (χ3n) is 5.93. The van der Waals surface area contributed by atoms with Gasteiger partial charge in [0.25, 0.3) is 0 Å². The molecule has 0 atom stereocenters.